The predicted octanol–water partition coefficient (Wildman–Crippen LogP) is 2.78. The molecule has 0 radical (unpaired) electrons. The average molecular weight is 351 g/mol. The fourth-order valence-corrected chi connectivity index (χ4v) is 2.35. The molecular weight excluding hydrogens is 331 g/mol. The van der Waals surface area contributed by atoms with Crippen molar-refractivity contribution in [2.45, 2.75) is 6.61 Å². The quantitative estimate of drug-likeness (QED) is 0.842. The Hall–Kier alpha value is -2.11. The third kappa shape index (κ3) is 4.69. The van der Waals surface area contributed by atoms with E-state index in [4.69, 9.17) is 4.74 Å². The Labute approximate surface area is 146 Å². The van der Waals surface area contributed by atoms with Crippen molar-refractivity contribution in [1.29, 1.82) is 0 Å². The normalized spacial score (nSPS) is 13.5. The van der Waals surface area contributed by atoms with E-state index >= 15 is 0 Å². The fourth-order valence-electron chi connectivity index (χ4n) is 2.35. The number of nitrogens with one attached hydrogen (secondary N) is 2. The summed E-state index contributed by atoms with van der Waals surface area (Å²) in [6.07, 6.45) is 0. The summed E-state index contributed by atoms with van der Waals surface area (Å²) in [5.41, 5.74) is 1.36. The van der Waals surface area contributed by atoms with Crippen molar-refractivity contribution in [3.63, 3.8) is 0 Å². The van der Waals surface area contributed by atoms with E-state index in [9.17, 15) is 9.18 Å². The van der Waals surface area contributed by atoms with E-state index in [2.05, 4.69) is 10.6 Å². The van der Waals surface area contributed by atoms with E-state index in [0.29, 0.717) is 23.8 Å². The molecule has 0 unspecified atom stereocenters. The first-order chi connectivity index (χ1) is 11.2. The highest BCUT2D eigenvalue weighted by molar-refractivity contribution is 5.96. The summed E-state index contributed by atoms with van der Waals surface area (Å²) in [7, 11) is 0. The van der Waals surface area contributed by atoms with Crippen LogP contribution in [0, 0.1) is 11.7 Å². The summed E-state index contributed by atoms with van der Waals surface area (Å²) < 4.78 is 18.6. The maximum absolute atomic E-state index is 12.9. The van der Waals surface area contributed by atoms with Crippen molar-refractivity contribution in [1.82, 2.24) is 10.6 Å². The highest BCUT2D eigenvalue weighted by Crippen LogP contribution is 2.19. The predicted molar refractivity (Wildman–Crippen MR) is 93.1 cm³/mol. The third-order valence-corrected chi connectivity index (χ3v) is 3.86. The highest BCUT2D eigenvalue weighted by atomic mass is 35.5. The van der Waals surface area contributed by atoms with Gasteiger partial charge in [0.15, 0.2) is 0 Å². The monoisotopic (exact) mass is 350 g/mol. The van der Waals surface area contributed by atoms with Crippen LogP contribution in [0.2, 0.25) is 0 Å². The largest absolute Gasteiger partial charge is 0.488 e. The third-order valence-electron chi connectivity index (χ3n) is 3.86. The van der Waals surface area contributed by atoms with Gasteiger partial charge in [0, 0.05) is 25.6 Å². The van der Waals surface area contributed by atoms with Crippen molar-refractivity contribution in [2.75, 3.05) is 19.6 Å². The lowest BCUT2D eigenvalue weighted by Gasteiger charge is -2.27. The molecule has 0 saturated carbocycles. The molecule has 1 aliphatic rings. The second-order valence-corrected chi connectivity index (χ2v) is 5.65. The van der Waals surface area contributed by atoms with Crippen LogP contribution in [0.3, 0.4) is 0 Å². The number of carbonyl (C=O) groups is 1. The Morgan fingerprint density at radius 3 is 2.54 bits per heavy atom. The van der Waals surface area contributed by atoms with Crippen LogP contribution in [0.5, 0.6) is 5.75 Å². The van der Waals surface area contributed by atoms with Crippen molar-refractivity contribution in [2.24, 2.45) is 5.92 Å². The topological polar surface area (TPSA) is 50.4 Å². The minimum absolute atomic E-state index is 0. The second-order valence-electron chi connectivity index (χ2n) is 5.65. The summed E-state index contributed by atoms with van der Waals surface area (Å²) in [6.45, 7) is 2.85. The molecule has 0 aliphatic carbocycles. The molecule has 0 spiro atoms. The summed E-state index contributed by atoms with van der Waals surface area (Å²) >= 11 is 0. The molecule has 2 aromatic rings. The van der Waals surface area contributed by atoms with E-state index in [1.54, 1.807) is 24.3 Å². The van der Waals surface area contributed by atoms with Gasteiger partial charge in [-0.05, 0) is 29.8 Å². The van der Waals surface area contributed by atoms with Crippen LogP contribution >= 0.6 is 12.4 Å². The zero-order valence-electron chi connectivity index (χ0n) is 13.1. The molecule has 6 heteroatoms. The minimum Gasteiger partial charge on any atom is -0.488 e. The number of carbonyl (C=O) groups excluding carboxylic acids is 1. The maximum Gasteiger partial charge on any atom is 0.255 e. The average Bonchev–Trinajstić information content (AvgIpc) is 2.53. The SMILES string of the molecule is Cl.O=C(NCC1CNC1)c1ccccc1OCc1ccc(F)cc1. The minimum atomic E-state index is -0.279. The van der Waals surface area contributed by atoms with Crippen LogP contribution in [0.25, 0.3) is 0 Å². The van der Waals surface area contributed by atoms with Gasteiger partial charge in [-0.15, -0.1) is 12.4 Å². The number of hydrogen-bond acceptors (Lipinski definition) is 3. The van der Waals surface area contributed by atoms with Gasteiger partial charge in [-0.25, -0.2) is 4.39 Å². The summed E-state index contributed by atoms with van der Waals surface area (Å²) in [6, 6.07) is 13.3. The first-order valence-electron chi connectivity index (χ1n) is 7.67. The molecule has 0 atom stereocenters. The molecule has 1 amide bonds. The van der Waals surface area contributed by atoms with Crippen LogP contribution in [0.15, 0.2) is 48.5 Å². The molecule has 2 aromatic carbocycles. The molecule has 0 aromatic heterocycles. The summed E-state index contributed by atoms with van der Waals surface area (Å²) in [5.74, 6) is 0.623. The molecule has 1 heterocycles. The standard InChI is InChI=1S/C18H19FN2O2.ClH/c19-15-7-5-13(6-8-15)12-23-17-4-2-1-3-16(17)18(22)21-11-14-9-20-10-14;/h1-8,14,20H,9-12H2,(H,21,22);1H. The van der Waals surface area contributed by atoms with Gasteiger partial charge in [-0.2, -0.15) is 0 Å². The Bertz CT molecular complexity index is 675. The smallest absolute Gasteiger partial charge is 0.255 e. The lowest BCUT2D eigenvalue weighted by Crippen LogP contribution is -2.48. The van der Waals surface area contributed by atoms with Gasteiger partial charge in [0.1, 0.15) is 18.2 Å². The number of ether oxygens (including phenoxy) is 1. The van der Waals surface area contributed by atoms with E-state index in [0.717, 1.165) is 18.7 Å². The number of hydrogen-bond donors (Lipinski definition) is 2. The summed E-state index contributed by atoms with van der Waals surface area (Å²) in [5, 5.41) is 6.11. The number of benzene rings is 2. The molecular formula is C18H20ClFN2O2. The number of para-hydroxylation sites is 1. The molecule has 2 N–H and O–H groups in total. The van der Waals surface area contributed by atoms with Crippen LogP contribution in [-0.2, 0) is 6.61 Å². The molecule has 1 fully saturated rings. The van der Waals surface area contributed by atoms with Gasteiger partial charge >= 0.3 is 0 Å². The molecule has 1 aliphatic heterocycles. The molecule has 24 heavy (non-hydrogen) atoms. The Kier molecular flexibility index (Phi) is 6.58. The highest BCUT2D eigenvalue weighted by Gasteiger charge is 2.19. The zero-order chi connectivity index (χ0) is 16.1. The molecule has 0 bridgehead atoms. The van der Waals surface area contributed by atoms with Gasteiger partial charge in [-0.3, -0.25) is 4.79 Å². The second kappa shape index (κ2) is 8.66. The van der Waals surface area contributed by atoms with Crippen LogP contribution in [-0.4, -0.2) is 25.5 Å². The summed E-state index contributed by atoms with van der Waals surface area (Å²) in [4.78, 5) is 12.3. The van der Waals surface area contributed by atoms with Crippen LogP contribution in [0.4, 0.5) is 4.39 Å². The molecule has 128 valence electrons. The van der Waals surface area contributed by atoms with E-state index in [1.807, 2.05) is 12.1 Å². The van der Waals surface area contributed by atoms with Gasteiger partial charge < -0.3 is 15.4 Å². The van der Waals surface area contributed by atoms with Crippen LogP contribution in [0.1, 0.15) is 15.9 Å². The first kappa shape index (κ1) is 18.2. The Balaban J connectivity index is 0.00000208. The molecule has 1 saturated heterocycles. The van der Waals surface area contributed by atoms with Gasteiger partial charge in [-0.1, -0.05) is 24.3 Å². The van der Waals surface area contributed by atoms with E-state index < -0.39 is 0 Å². The van der Waals surface area contributed by atoms with Crippen molar-refractivity contribution < 1.29 is 13.9 Å². The lowest BCUT2D eigenvalue weighted by molar-refractivity contribution is 0.0937. The van der Waals surface area contributed by atoms with E-state index in [1.165, 1.54) is 12.1 Å². The number of rotatable bonds is 6. The van der Waals surface area contributed by atoms with Crippen molar-refractivity contribution >= 4 is 18.3 Å². The molecule has 3 rings (SSSR count). The number of halogens is 2. The lowest BCUT2D eigenvalue weighted by atomic mass is 10.0. The Morgan fingerprint density at radius 1 is 1.17 bits per heavy atom. The zero-order valence-corrected chi connectivity index (χ0v) is 13.9. The van der Waals surface area contributed by atoms with Gasteiger partial charge in [0.25, 0.3) is 5.91 Å². The maximum atomic E-state index is 12.9. The first-order valence-corrected chi connectivity index (χ1v) is 7.67. The van der Waals surface area contributed by atoms with Gasteiger partial charge in [0.05, 0.1) is 5.56 Å². The Morgan fingerprint density at radius 2 is 1.88 bits per heavy atom. The van der Waals surface area contributed by atoms with Crippen molar-refractivity contribution in [3.8, 4) is 5.75 Å². The molecule has 4 nitrogen and oxygen atoms in total. The van der Waals surface area contributed by atoms with E-state index in [-0.39, 0.29) is 30.7 Å². The number of amides is 1. The van der Waals surface area contributed by atoms with Crippen molar-refractivity contribution in [3.05, 3.63) is 65.5 Å². The van der Waals surface area contributed by atoms with Gasteiger partial charge in [0.2, 0.25) is 0 Å². The van der Waals surface area contributed by atoms with Crippen LogP contribution < -0.4 is 15.4 Å². The fraction of sp³-hybridized carbons (Fsp3) is 0.278.